The van der Waals surface area contributed by atoms with Crippen molar-refractivity contribution < 1.29 is 4.39 Å². The molecule has 0 aliphatic rings. The molecule has 0 saturated carbocycles. The van der Waals surface area contributed by atoms with Gasteiger partial charge in [-0.1, -0.05) is 15.9 Å². The predicted molar refractivity (Wildman–Crippen MR) is 59.5 cm³/mol. The molecular weight excluding hydrogens is 261 g/mol. The van der Waals surface area contributed by atoms with E-state index in [1.54, 1.807) is 18.2 Å². The first-order valence-electron chi connectivity index (χ1n) is 4.21. The number of rotatable bonds is 1. The number of aromatic nitrogens is 2. The van der Waals surface area contributed by atoms with E-state index >= 15 is 0 Å². The van der Waals surface area contributed by atoms with Crippen LogP contribution >= 0.6 is 15.9 Å². The lowest BCUT2D eigenvalue weighted by Gasteiger charge is -2.03. The van der Waals surface area contributed by atoms with Gasteiger partial charge in [0.05, 0.1) is 5.69 Å². The van der Waals surface area contributed by atoms with Crippen LogP contribution in [0.15, 0.2) is 34.9 Å². The minimum Gasteiger partial charge on any atom is -0.368 e. The average molecular weight is 268 g/mol. The predicted octanol–water partition coefficient (Wildman–Crippen LogP) is 2.63. The molecule has 0 bridgehead atoms. The third-order valence-corrected chi connectivity index (χ3v) is 2.37. The Labute approximate surface area is 94.3 Å². The fourth-order valence-corrected chi connectivity index (χ4v) is 1.58. The SMILES string of the molecule is Nc1nccc(-c2cc(Br)ccc2F)n1. The summed E-state index contributed by atoms with van der Waals surface area (Å²) in [4.78, 5) is 7.70. The van der Waals surface area contributed by atoms with Gasteiger partial charge in [0, 0.05) is 16.2 Å². The zero-order valence-corrected chi connectivity index (χ0v) is 9.20. The van der Waals surface area contributed by atoms with Crippen LogP contribution in [0.1, 0.15) is 0 Å². The molecule has 0 fully saturated rings. The van der Waals surface area contributed by atoms with Gasteiger partial charge >= 0.3 is 0 Å². The Balaban J connectivity index is 2.58. The molecule has 3 nitrogen and oxygen atoms in total. The van der Waals surface area contributed by atoms with Crippen molar-refractivity contribution in [2.75, 3.05) is 5.73 Å². The second-order valence-electron chi connectivity index (χ2n) is 2.92. The van der Waals surface area contributed by atoms with Gasteiger partial charge in [0.2, 0.25) is 5.95 Å². The molecule has 15 heavy (non-hydrogen) atoms. The second-order valence-corrected chi connectivity index (χ2v) is 3.84. The lowest BCUT2D eigenvalue weighted by molar-refractivity contribution is 0.630. The molecule has 0 aliphatic carbocycles. The first kappa shape index (κ1) is 10.0. The van der Waals surface area contributed by atoms with Crippen molar-refractivity contribution in [3.05, 3.63) is 40.8 Å². The van der Waals surface area contributed by atoms with E-state index in [0.717, 1.165) is 4.47 Å². The molecule has 0 amide bonds. The van der Waals surface area contributed by atoms with E-state index in [9.17, 15) is 4.39 Å². The van der Waals surface area contributed by atoms with Crippen LogP contribution in [0, 0.1) is 5.82 Å². The Morgan fingerprint density at radius 2 is 2.07 bits per heavy atom. The molecule has 5 heteroatoms. The molecule has 0 aliphatic heterocycles. The maximum absolute atomic E-state index is 13.5. The minimum absolute atomic E-state index is 0.131. The molecule has 0 spiro atoms. The lowest BCUT2D eigenvalue weighted by Crippen LogP contribution is -1.96. The third-order valence-electron chi connectivity index (χ3n) is 1.88. The Bertz CT molecular complexity index is 502. The number of nitrogen functional groups attached to an aromatic ring is 1. The highest BCUT2D eigenvalue weighted by Gasteiger charge is 2.07. The summed E-state index contributed by atoms with van der Waals surface area (Å²) in [6.07, 6.45) is 1.50. The maximum Gasteiger partial charge on any atom is 0.220 e. The van der Waals surface area contributed by atoms with Crippen LogP contribution in [0.25, 0.3) is 11.3 Å². The summed E-state index contributed by atoms with van der Waals surface area (Å²) in [6, 6.07) is 6.26. The van der Waals surface area contributed by atoms with Gasteiger partial charge in [-0.2, -0.15) is 0 Å². The van der Waals surface area contributed by atoms with E-state index in [1.165, 1.54) is 12.3 Å². The largest absolute Gasteiger partial charge is 0.368 e. The molecule has 0 radical (unpaired) electrons. The first-order valence-corrected chi connectivity index (χ1v) is 5.00. The average Bonchev–Trinajstić information content (AvgIpc) is 2.22. The molecule has 1 aromatic heterocycles. The van der Waals surface area contributed by atoms with Crippen molar-refractivity contribution in [2.45, 2.75) is 0 Å². The number of nitrogens with zero attached hydrogens (tertiary/aromatic N) is 2. The summed E-state index contributed by atoms with van der Waals surface area (Å²) in [5.41, 5.74) is 6.30. The molecule has 1 heterocycles. The van der Waals surface area contributed by atoms with E-state index in [4.69, 9.17) is 5.73 Å². The number of halogens is 2. The number of anilines is 1. The van der Waals surface area contributed by atoms with Crippen LogP contribution in [0.2, 0.25) is 0 Å². The number of hydrogen-bond donors (Lipinski definition) is 1. The summed E-state index contributed by atoms with van der Waals surface area (Å²) in [5.74, 6) is -0.205. The van der Waals surface area contributed by atoms with Gasteiger partial charge in [0.15, 0.2) is 0 Å². The van der Waals surface area contributed by atoms with E-state index in [-0.39, 0.29) is 11.8 Å². The standard InChI is InChI=1S/C10H7BrFN3/c11-6-1-2-8(12)7(5-6)9-3-4-14-10(13)15-9/h1-5H,(H2,13,14,15). The highest BCUT2D eigenvalue weighted by Crippen LogP contribution is 2.24. The van der Waals surface area contributed by atoms with E-state index in [2.05, 4.69) is 25.9 Å². The molecule has 0 atom stereocenters. The Morgan fingerprint density at radius 1 is 1.27 bits per heavy atom. The Morgan fingerprint density at radius 3 is 2.80 bits per heavy atom. The highest BCUT2D eigenvalue weighted by atomic mass is 79.9. The fraction of sp³-hybridized carbons (Fsp3) is 0. The minimum atomic E-state index is -0.337. The van der Waals surface area contributed by atoms with E-state index < -0.39 is 0 Å². The normalized spacial score (nSPS) is 10.3. The van der Waals surface area contributed by atoms with Gasteiger partial charge in [-0.25, -0.2) is 14.4 Å². The molecule has 2 rings (SSSR count). The van der Waals surface area contributed by atoms with Gasteiger partial charge < -0.3 is 5.73 Å². The van der Waals surface area contributed by atoms with Crippen LogP contribution < -0.4 is 5.73 Å². The molecule has 2 aromatic rings. The topological polar surface area (TPSA) is 51.8 Å². The number of benzene rings is 1. The van der Waals surface area contributed by atoms with E-state index in [1.807, 2.05) is 0 Å². The van der Waals surface area contributed by atoms with Gasteiger partial charge in [-0.15, -0.1) is 0 Å². The van der Waals surface area contributed by atoms with Crippen molar-refractivity contribution in [2.24, 2.45) is 0 Å². The van der Waals surface area contributed by atoms with Crippen molar-refractivity contribution in [1.29, 1.82) is 0 Å². The Hall–Kier alpha value is -1.49. The molecule has 0 unspecified atom stereocenters. The van der Waals surface area contributed by atoms with Crippen molar-refractivity contribution in [1.82, 2.24) is 9.97 Å². The smallest absolute Gasteiger partial charge is 0.220 e. The number of nitrogens with two attached hydrogens (primary N) is 1. The summed E-state index contributed by atoms with van der Waals surface area (Å²) in [6.45, 7) is 0. The molecular formula is C10H7BrFN3. The van der Waals surface area contributed by atoms with Crippen LogP contribution in [0.3, 0.4) is 0 Å². The molecule has 2 N–H and O–H groups in total. The maximum atomic E-state index is 13.5. The van der Waals surface area contributed by atoms with Crippen molar-refractivity contribution in [3.63, 3.8) is 0 Å². The lowest BCUT2D eigenvalue weighted by atomic mass is 10.1. The highest BCUT2D eigenvalue weighted by molar-refractivity contribution is 9.10. The summed E-state index contributed by atoms with van der Waals surface area (Å²) in [7, 11) is 0. The second kappa shape index (κ2) is 3.94. The van der Waals surface area contributed by atoms with E-state index in [0.29, 0.717) is 11.3 Å². The summed E-state index contributed by atoms with van der Waals surface area (Å²) in [5, 5.41) is 0. The van der Waals surface area contributed by atoms with Gasteiger partial charge in [-0.05, 0) is 24.3 Å². The summed E-state index contributed by atoms with van der Waals surface area (Å²) >= 11 is 3.27. The van der Waals surface area contributed by atoms with Gasteiger partial charge in [-0.3, -0.25) is 0 Å². The zero-order valence-electron chi connectivity index (χ0n) is 7.61. The van der Waals surface area contributed by atoms with Crippen LogP contribution in [-0.4, -0.2) is 9.97 Å². The van der Waals surface area contributed by atoms with Gasteiger partial charge in [0.25, 0.3) is 0 Å². The molecule has 76 valence electrons. The van der Waals surface area contributed by atoms with Crippen molar-refractivity contribution in [3.8, 4) is 11.3 Å². The quantitative estimate of drug-likeness (QED) is 0.864. The van der Waals surface area contributed by atoms with Gasteiger partial charge in [0.1, 0.15) is 5.82 Å². The first-order chi connectivity index (χ1) is 7.16. The zero-order chi connectivity index (χ0) is 10.8. The monoisotopic (exact) mass is 267 g/mol. The van der Waals surface area contributed by atoms with Crippen molar-refractivity contribution >= 4 is 21.9 Å². The van der Waals surface area contributed by atoms with Crippen LogP contribution in [-0.2, 0) is 0 Å². The molecule has 0 saturated heterocycles. The number of hydrogen-bond acceptors (Lipinski definition) is 3. The van der Waals surface area contributed by atoms with Crippen LogP contribution in [0.4, 0.5) is 10.3 Å². The summed E-state index contributed by atoms with van der Waals surface area (Å²) < 4.78 is 14.3. The third kappa shape index (κ3) is 2.12. The van der Waals surface area contributed by atoms with Crippen LogP contribution in [0.5, 0.6) is 0 Å². The molecule has 1 aromatic carbocycles. The Kier molecular flexibility index (Phi) is 2.64. The fourth-order valence-electron chi connectivity index (χ4n) is 1.22.